The van der Waals surface area contributed by atoms with Gasteiger partial charge in [-0.3, -0.25) is 4.79 Å². The zero-order chi connectivity index (χ0) is 12.8. The predicted octanol–water partition coefficient (Wildman–Crippen LogP) is 1.86. The maximum absolute atomic E-state index is 12.0. The SMILES string of the molecule is CC(C)(C)OC(=O)N1[C@@H]2CC[C@H]1C(C(=O)O)C2. The Kier molecular flexibility index (Phi) is 2.79. The maximum Gasteiger partial charge on any atom is 0.410 e. The predicted molar refractivity (Wildman–Crippen MR) is 60.6 cm³/mol. The van der Waals surface area contributed by atoms with Crippen molar-refractivity contribution in [2.75, 3.05) is 0 Å². The second kappa shape index (κ2) is 3.89. The first kappa shape index (κ1) is 12.2. The van der Waals surface area contributed by atoms with Crippen LogP contribution in [0.1, 0.15) is 40.0 Å². The minimum absolute atomic E-state index is 0.0518. The highest BCUT2D eigenvalue weighted by Crippen LogP contribution is 2.42. The number of rotatable bonds is 1. The summed E-state index contributed by atoms with van der Waals surface area (Å²) in [5.41, 5.74) is -0.530. The number of amides is 1. The first-order chi connectivity index (χ1) is 7.79. The molecule has 0 aromatic carbocycles. The van der Waals surface area contributed by atoms with Crippen LogP contribution >= 0.6 is 0 Å². The fraction of sp³-hybridized carbons (Fsp3) is 0.833. The van der Waals surface area contributed by atoms with Crippen LogP contribution in [-0.4, -0.2) is 39.8 Å². The van der Waals surface area contributed by atoms with Crippen LogP contribution in [0, 0.1) is 5.92 Å². The van der Waals surface area contributed by atoms with Gasteiger partial charge < -0.3 is 14.7 Å². The van der Waals surface area contributed by atoms with Crippen molar-refractivity contribution in [2.24, 2.45) is 5.92 Å². The Balaban J connectivity index is 2.08. The molecule has 2 aliphatic heterocycles. The molecule has 96 valence electrons. The molecule has 0 aliphatic carbocycles. The van der Waals surface area contributed by atoms with E-state index in [4.69, 9.17) is 9.84 Å². The molecule has 0 aromatic heterocycles. The standard InChI is InChI=1S/C12H19NO4/c1-12(2,3)17-11(16)13-7-4-5-9(13)8(6-7)10(14)15/h7-9H,4-6H2,1-3H3,(H,14,15)/t7-,8?,9+/m1/s1. The van der Waals surface area contributed by atoms with E-state index in [1.165, 1.54) is 0 Å². The summed E-state index contributed by atoms with van der Waals surface area (Å²) in [5, 5.41) is 9.09. The summed E-state index contributed by atoms with van der Waals surface area (Å²) in [4.78, 5) is 24.7. The summed E-state index contributed by atoms with van der Waals surface area (Å²) in [6.07, 6.45) is 1.88. The van der Waals surface area contributed by atoms with E-state index in [-0.39, 0.29) is 18.2 Å². The molecular formula is C12H19NO4. The molecule has 0 spiro atoms. The molecule has 2 fully saturated rings. The summed E-state index contributed by atoms with van der Waals surface area (Å²) in [6.45, 7) is 5.45. The van der Waals surface area contributed by atoms with Crippen molar-refractivity contribution in [3.63, 3.8) is 0 Å². The van der Waals surface area contributed by atoms with Crippen LogP contribution in [0.5, 0.6) is 0 Å². The van der Waals surface area contributed by atoms with E-state index in [0.29, 0.717) is 6.42 Å². The van der Waals surface area contributed by atoms with E-state index in [1.54, 1.807) is 4.90 Å². The second-order valence-electron chi connectivity index (χ2n) is 5.87. The Labute approximate surface area is 101 Å². The third-order valence-electron chi connectivity index (χ3n) is 3.46. The number of fused-ring (bicyclic) bond motifs is 2. The summed E-state index contributed by atoms with van der Waals surface area (Å²) in [5.74, 6) is -1.22. The average Bonchev–Trinajstić information content (AvgIpc) is 2.70. The number of carboxylic acids is 1. The van der Waals surface area contributed by atoms with E-state index in [1.807, 2.05) is 20.8 Å². The molecule has 2 heterocycles. The van der Waals surface area contributed by atoms with Gasteiger partial charge in [0.15, 0.2) is 0 Å². The zero-order valence-electron chi connectivity index (χ0n) is 10.5. The molecule has 2 aliphatic rings. The van der Waals surface area contributed by atoms with Gasteiger partial charge in [-0.1, -0.05) is 0 Å². The van der Waals surface area contributed by atoms with Crippen molar-refractivity contribution in [1.29, 1.82) is 0 Å². The van der Waals surface area contributed by atoms with Crippen molar-refractivity contribution in [2.45, 2.75) is 57.7 Å². The van der Waals surface area contributed by atoms with Gasteiger partial charge in [-0.2, -0.15) is 0 Å². The molecule has 5 heteroatoms. The van der Waals surface area contributed by atoms with E-state index >= 15 is 0 Å². The third-order valence-corrected chi connectivity index (χ3v) is 3.46. The lowest BCUT2D eigenvalue weighted by Gasteiger charge is -2.27. The third kappa shape index (κ3) is 2.23. The quantitative estimate of drug-likeness (QED) is 0.761. The summed E-state index contributed by atoms with van der Waals surface area (Å²) >= 11 is 0. The number of carbonyl (C=O) groups excluding carboxylic acids is 1. The van der Waals surface area contributed by atoms with E-state index < -0.39 is 17.5 Å². The lowest BCUT2D eigenvalue weighted by molar-refractivity contribution is -0.142. The van der Waals surface area contributed by atoms with Gasteiger partial charge in [0.05, 0.1) is 5.92 Å². The summed E-state index contributed by atoms with van der Waals surface area (Å²) < 4.78 is 5.32. The van der Waals surface area contributed by atoms with E-state index in [9.17, 15) is 9.59 Å². The van der Waals surface area contributed by atoms with Gasteiger partial charge in [0.1, 0.15) is 5.60 Å². The highest BCUT2D eigenvalue weighted by Gasteiger charge is 2.52. The molecule has 0 radical (unpaired) electrons. The topological polar surface area (TPSA) is 66.8 Å². The number of nitrogens with zero attached hydrogens (tertiary/aromatic N) is 1. The molecule has 2 bridgehead atoms. The Hall–Kier alpha value is -1.26. The molecule has 1 N–H and O–H groups in total. The molecular weight excluding hydrogens is 222 g/mol. The maximum atomic E-state index is 12.0. The molecule has 2 saturated heterocycles. The fourth-order valence-electron chi connectivity index (χ4n) is 2.85. The molecule has 3 atom stereocenters. The van der Waals surface area contributed by atoms with Gasteiger partial charge in [-0.15, -0.1) is 0 Å². The average molecular weight is 241 g/mol. The lowest BCUT2D eigenvalue weighted by atomic mass is 9.89. The van der Waals surface area contributed by atoms with Gasteiger partial charge in [-0.05, 0) is 40.0 Å². The highest BCUT2D eigenvalue weighted by atomic mass is 16.6. The number of carbonyl (C=O) groups is 2. The number of aliphatic carboxylic acids is 1. The Morgan fingerprint density at radius 1 is 1.29 bits per heavy atom. The number of hydrogen-bond acceptors (Lipinski definition) is 3. The minimum Gasteiger partial charge on any atom is -0.481 e. The molecule has 17 heavy (non-hydrogen) atoms. The molecule has 1 amide bonds. The van der Waals surface area contributed by atoms with Crippen LogP contribution in [0.4, 0.5) is 4.79 Å². The van der Waals surface area contributed by atoms with Gasteiger partial charge in [0.25, 0.3) is 0 Å². The van der Waals surface area contributed by atoms with Crippen molar-refractivity contribution in [3.8, 4) is 0 Å². The van der Waals surface area contributed by atoms with Crippen LogP contribution in [0.3, 0.4) is 0 Å². The summed E-state index contributed by atoms with van der Waals surface area (Å²) in [7, 11) is 0. The summed E-state index contributed by atoms with van der Waals surface area (Å²) in [6, 6.07) is -0.122. The van der Waals surface area contributed by atoms with Gasteiger partial charge in [0, 0.05) is 12.1 Å². The molecule has 1 unspecified atom stereocenters. The van der Waals surface area contributed by atoms with Gasteiger partial charge in [0.2, 0.25) is 0 Å². The highest BCUT2D eigenvalue weighted by molar-refractivity contribution is 5.76. The zero-order valence-corrected chi connectivity index (χ0v) is 10.5. The molecule has 0 saturated carbocycles. The van der Waals surface area contributed by atoms with Crippen LogP contribution < -0.4 is 0 Å². The smallest absolute Gasteiger partial charge is 0.410 e. The van der Waals surface area contributed by atoms with Gasteiger partial charge >= 0.3 is 12.1 Å². The Morgan fingerprint density at radius 2 is 1.94 bits per heavy atom. The fourth-order valence-corrected chi connectivity index (χ4v) is 2.85. The first-order valence-electron chi connectivity index (χ1n) is 6.04. The van der Waals surface area contributed by atoms with Crippen molar-refractivity contribution < 1.29 is 19.4 Å². The monoisotopic (exact) mass is 241 g/mol. The normalized spacial score (nSPS) is 31.7. The molecule has 0 aromatic rings. The van der Waals surface area contributed by atoms with E-state index in [0.717, 1.165) is 12.8 Å². The van der Waals surface area contributed by atoms with Crippen molar-refractivity contribution >= 4 is 12.1 Å². The van der Waals surface area contributed by atoms with Crippen LogP contribution in [0.15, 0.2) is 0 Å². The lowest BCUT2D eigenvalue weighted by Crippen LogP contribution is -2.41. The first-order valence-corrected chi connectivity index (χ1v) is 6.04. The van der Waals surface area contributed by atoms with Crippen LogP contribution in [0.2, 0.25) is 0 Å². The Morgan fingerprint density at radius 3 is 2.41 bits per heavy atom. The minimum atomic E-state index is -0.800. The number of carboxylic acid groups (broad SMARTS) is 1. The van der Waals surface area contributed by atoms with E-state index in [2.05, 4.69) is 0 Å². The van der Waals surface area contributed by atoms with Crippen molar-refractivity contribution in [3.05, 3.63) is 0 Å². The number of ether oxygens (including phenoxy) is 1. The molecule has 5 nitrogen and oxygen atoms in total. The van der Waals surface area contributed by atoms with Crippen LogP contribution in [0.25, 0.3) is 0 Å². The number of hydrogen-bond donors (Lipinski definition) is 1. The van der Waals surface area contributed by atoms with Gasteiger partial charge in [-0.25, -0.2) is 4.79 Å². The molecule has 2 rings (SSSR count). The van der Waals surface area contributed by atoms with Crippen LogP contribution in [-0.2, 0) is 9.53 Å². The largest absolute Gasteiger partial charge is 0.481 e. The van der Waals surface area contributed by atoms with Crippen molar-refractivity contribution in [1.82, 2.24) is 4.90 Å². The second-order valence-corrected chi connectivity index (χ2v) is 5.87. The Bertz CT molecular complexity index is 347.